The molecule has 1 N–H and O–H groups in total. The highest BCUT2D eigenvalue weighted by atomic mass is 79.9. The maximum Gasteiger partial charge on any atom is 0.244 e. The van der Waals surface area contributed by atoms with E-state index in [-0.39, 0.29) is 18.5 Å². The molecule has 0 radical (unpaired) electrons. The van der Waals surface area contributed by atoms with Gasteiger partial charge in [-0.15, -0.1) is 0 Å². The second kappa shape index (κ2) is 12.2. The monoisotopic (exact) mass is 577 g/mol. The second-order valence-corrected chi connectivity index (χ2v) is 12.7. The molecule has 1 aliphatic carbocycles. The van der Waals surface area contributed by atoms with E-state index in [1.54, 1.807) is 19.1 Å². The number of sulfonamides is 1. The molecule has 0 spiro atoms. The molecule has 1 aliphatic rings. The van der Waals surface area contributed by atoms with Gasteiger partial charge in [0.15, 0.2) is 0 Å². The average molecular weight is 579 g/mol. The van der Waals surface area contributed by atoms with Crippen molar-refractivity contribution in [3.8, 4) is 0 Å². The van der Waals surface area contributed by atoms with Gasteiger partial charge in [0.2, 0.25) is 21.8 Å². The van der Waals surface area contributed by atoms with Gasteiger partial charge < -0.3 is 10.2 Å². The third-order valence-corrected chi connectivity index (χ3v) is 8.27. The highest BCUT2D eigenvalue weighted by Gasteiger charge is 2.31. The molecule has 36 heavy (non-hydrogen) atoms. The Hall–Kier alpha value is -2.39. The van der Waals surface area contributed by atoms with Crippen LogP contribution >= 0.6 is 15.9 Å². The van der Waals surface area contributed by atoms with Crippen molar-refractivity contribution in [2.45, 2.75) is 71.0 Å². The Morgan fingerprint density at radius 1 is 1.06 bits per heavy atom. The number of benzene rings is 2. The minimum absolute atomic E-state index is 0.120. The summed E-state index contributed by atoms with van der Waals surface area (Å²) < 4.78 is 27.4. The molecule has 1 atom stereocenters. The first-order valence-electron chi connectivity index (χ1n) is 12.4. The van der Waals surface area contributed by atoms with Crippen molar-refractivity contribution < 1.29 is 18.0 Å². The van der Waals surface area contributed by atoms with Gasteiger partial charge in [0.1, 0.15) is 12.6 Å². The summed E-state index contributed by atoms with van der Waals surface area (Å²) >= 11 is 3.46. The Morgan fingerprint density at radius 3 is 2.25 bits per heavy atom. The molecule has 1 fully saturated rings. The molecule has 1 saturated carbocycles. The standard InChI is InChI=1S/C27H36BrN3O4S/c1-19(2)22-12-14-25(15-13-22)31(36(4,34)35)18-26(32)30(17-21-8-7-9-23(28)16-21)20(3)27(33)29-24-10-5-6-11-24/h7-9,12-16,19-20,24H,5-6,10-11,17-18H2,1-4H3,(H,29,33)/t20-/m0/s1. The van der Waals surface area contributed by atoms with Crippen LogP contribution in [0.4, 0.5) is 5.69 Å². The van der Waals surface area contributed by atoms with Crippen molar-refractivity contribution in [2.24, 2.45) is 0 Å². The Labute approximate surface area is 223 Å². The second-order valence-electron chi connectivity index (χ2n) is 9.83. The third-order valence-electron chi connectivity index (χ3n) is 6.64. The molecular formula is C27H36BrN3O4S. The summed E-state index contributed by atoms with van der Waals surface area (Å²) in [5.41, 5.74) is 2.33. The molecule has 9 heteroatoms. The normalized spacial score (nSPS) is 15.1. The minimum atomic E-state index is -3.75. The predicted octanol–water partition coefficient (Wildman–Crippen LogP) is 4.81. The van der Waals surface area contributed by atoms with Crippen LogP contribution in [0.25, 0.3) is 0 Å². The summed E-state index contributed by atoms with van der Waals surface area (Å²) in [4.78, 5) is 28.2. The first-order valence-corrected chi connectivity index (χ1v) is 15.0. The van der Waals surface area contributed by atoms with Crippen molar-refractivity contribution in [1.82, 2.24) is 10.2 Å². The lowest BCUT2D eigenvalue weighted by Gasteiger charge is -2.32. The van der Waals surface area contributed by atoms with Crippen molar-refractivity contribution in [1.29, 1.82) is 0 Å². The fraction of sp³-hybridized carbons (Fsp3) is 0.481. The summed E-state index contributed by atoms with van der Waals surface area (Å²) in [5.74, 6) is -0.368. The molecule has 2 aromatic rings. The minimum Gasteiger partial charge on any atom is -0.352 e. The van der Waals surface area contributed by atoms with Crippen molar-refractivity contribution in [3.63, 3.8) is 0 Å². The van der Waals surface area contributed by atoms with Crippen LogP contribution < -0.4 is 9.62 Å². The van der Waals surface area contributed by atoms with E-state index in [4.69, 9.17) is 0 Å². The number of halogens is 1. The molecule has 0 aliphatic heterocycles. The van der Waals surface area contributed by atoms with E-state index in [0.29, 0.717) is 11.6 Å². The number of hydrogen-bond donors (Lipinski definition) is 1. The smallest absolute Gasteiger partial charge is 0.244 e. The first kappa shape index (κ1) is 28.2. The average Bonchev–Trinajstić information content (AvgIpc) is 3.33. The van der Waals surface area contributed by atoms with Crippen LogP contribution in [0.15, 0.2) is 53.0 Å². The largest absolute Gasteiger partial charge is 0.352 e. The van der Waals surface area contributed by atoms with Crippen LogP contribution in [0.1, 0.15) is 63.5 Å². The Kier molecular flexibility index (Phi) is 9.58. The van der Waals surface area contributed by atoms with Gasteiger partial charge in [0.05, 0.1) is 11.9 Å². The van der Waals surface area contributed by atoms with Gasteiger partial charge in [0, 0.05) is 17.1 Å². The van der Waals surface area contributed by atoms with Crippen LogP contribution in [0.2, 0.25) is 0 Å². The molecule has 0 bridgehead atoms. The number of carbonyl (C=O) groups excluding carboxylic acids is 2. The number of rotatable bonds is 10. The van der Waals surface area contributed by atoms with Gasteiger partial charge in [-0.25, -0.2) is 8.42 Å². The van der Waals surface area contributed by atoms with E-state index >= 15 is 0 Å². The fourth-order valence-electron chi connectivity index (χ4n) is 4.45. The zero-order chi connectivity index (χ0) is 26.5. The van der Waals surface area contributed by atoms with E-state index in [0.717, 1.165) is 51.8 Å². The van der Waals surface area contributed by atoms with E-state index in [2.05, 4.69) is 35.1 Å². The van der Waals surface area contributed by atoms with Crippen LogP contribution in [0.3, 0.4) is 0 Å². The number of carbonyl (C=O) groups is 2. The number of anilines is 1. The van der Waals surface area contributed by atoms with Gasteiger partial charge in [0.25, 0.3) is 0 Å². The van der Waals surface area contributed by atoms with E-state index in [1.807, 2.05) is 36.4 Å². The number of nitrogens with zero attached hydrogens (tertiary/aromatic N) is 2. The molecule has 0 aromatic heterocycles. The lowest BCUT2D eigenvalue weighted by atomic mass is 10.0. The van der Waals surface area contributed by atoms with Gasteiger partial charge >= 0.3 is 0 Å². The summed E-state index contributed by atoms with van der Waals surface area (Å²) in [6.45, 7) is 5.61. The zero-order valence-electron chi connectivity index (χ0n) is 21.4. The molecule has 2 amide bonds. The van der Waals surface area contributed by atoms with E-state index < -0.39 is 28.5 Å². The zero-order valence-corrected chi connectivity index (χ0v) is 23.8. The van der Waals surface area contributed by atoms with Crippen LogP contribution in [0, 0.1) is 0 Å². The van der Waals surface area contributed by atoms with Crippen LogP contribution in [-0.2, 0) is 26.2 Å². The summed E-state index contributed by atoms with van der Waals surface area (Å²) in [6, 6.07) is 14.1. The van der Waals surface area contributed by atoms with E-state index in [1.165, 1.54) is 4.90 Å². The number of hydrogen-bond acceptors (Lipinski definition) is 4. The number of amides is 2. The lowest BCUT2D eigenvalue weighted by Crippen LogP contribution is -2.52. The fourth-order valence-corrected chi connectivity index (χ4v) is 5.74. The molecule has 3 rings (SSSR count). The molecule has 7 nitrogen and oxygen atoms in total. The number of nitrogens with one attached hydrogen (secondary N) is 1. The van der Waals surface area contributed by atoms with Crippen molar-refractivity contribution >= 4 is 43.5 Å². The summed E-state index contributed by atoms with van der Waals surface area (Å²) in [7, 11) is -3.75. The molecule has 0 heterocycles. The molecule has 2 aromatic carbocycles. The highest BCUT2D eigenvalue weighted by Crippen LogP contribution is 2.23. The maximum atomic E-state index is 13.6. The lowest BCUT2D eigenvalue weighted by molar-refractivity contribution is -0.139. The Bertz CT molecular complexity index is 1160. The summed E-state index contributed by atoms with van der Waals surface area (Å²) in [5, 5.41) is 3.07. The van der Waals surface area contributed by atoms with Crippen LogP contribution in [-0.4, -0.2) is 50.0 Å². The molecule has 0 saturated heterocycles. The van der Waals surface area contributed by atoms with Crippen molar-refractivity contribution in [2.75, 3.05) is 17.1 Å². The molecule has 196 valence electrons. The third kappa shape index (κ3) is 7.56. The van der Waals surface area contributed by atoms with Crippen LogP contribution in [0.5, 0.6) is 0 Å². The van der Waals surface area contributed by atoms with E-state index in [9.17, 15) is 18.0 Å². The molecule has 0 unspecified atom stereocenters. The maximum absolute atomic E-state index is 13.6. The van der Waals surface area contributed by atoms with Gasteiger partial charge in [-0.05, 0) is 61.1 Å². The molecular weight excluding hydrogens is 542 g/mol. The SMILES string of the molecule is CC(C)c1ccc(N(CC(=O)N(Cc2cccc(Br)c2)[C@@H](C)C(=O)NC2CCCC2)S(C)(=O)=O)cc1. The van der Waals surface area contributed by atoms with Gasteiger partial charge in [-0.2, -0.15) is 0 Å². The first-order chi connectivity index (χ1) is 17.0. The Balaban J connectivity index is 1.87. The Morgan fingerprint density at radius 2 is 1.69 bits per heavy atom. The van der Waals surface area contributed by atoms with Gasteiger partial charge in [-0.3, -0.25) is 13.9 Å². The van der Waals surface area contributed by atoms with Crippen molar-refractivity contribution in [3.05, 3.63) is 64.1 Å². The predicted molar refractivity (Wildman–Crippen MR) is 147 cm³/mol. The quantitative estimate of drug-likeness (QED) is 0.438. The highest BCUT2D eigenvalue weighted by molar-refractivity contribution is 9.10. The topological polar surface area (TPSA) is 86.8 Å². The summed E-state index contributed by atoms with van der Waals surface area (Å²) in [6.07, 6.45) is 5.13. The van der Waals surface area contributed by atoms with Gasteiger partial charge in [-0.1, -0.05) is 66.9 Å².